The Kier molecular flexibility index (Phi) is 4.28. The van der Waals surface area contributed by atoms with Gasteiger partial charge in [-0.25, -0.2) is 4.79 Å². The second-order valence-corrected chi connectivity index (χ2v) is 7.65. The Bertz CT molecular complexity index is 1370. The van der Waals surface area contributed by atoms with Crippen molar-refractivity contribution in [1.82, 2.24) is 23.1 Å². The van der Waals surface area contributed by atoms with E-state index in [0.29, 0.717) is 23.5 Å². The van der Waals surface area contributed by atoms with Crippen LogP contribution >= 0.6 is 0 Å². The zero-order chi connectivity index (χ0) is 21.0. The minimum absolute atomic E-state index is 0.0877. The van der Waals surface area contributed by atoms with Crippen molar-refractivity contribution in [2.45, 2.75) is 25.5 Å². The highest BCUT2D eigenvalue weighted by atomic mass is 16.5. The molecule has 5 rings (SSSR count). The molecule has 0 aliphatic carbocycles. The first kappa shape index (κ1) is 18.7. The van der Waals surface area contributed by atoms with Crippen molar-refractivity contribution in [3.63, 3.8) is 0 Å². The van der Waals surface area contributed by atoms with Crippen LogP contribution in [0.25, 0.3) is 28.2 Å². The number of nitrogens with zero attached hydrogens (tertiary/aromatic N) is 5. The molecule has 1 aliphatic heterocycles. The van der Waals surface area contributed by atoms with Gasteiger partial charge in [-0.2, -0.15) is 4.98 Å². The van der Waals surface area contributed by atoms with Gasteiger partial charge in [0.05, 0.1) is 25.5 Å². The van der Waals surface area contributed by atoms with Crippen molar-refractivity contribution in [3.05, 3.63) is 51.3 Å². The number of methoxy groups -OCH3 is 1. The van der Waals surface area contributed by atoms with Crippen LogP contribution in [0.2, 0.25) is 0 Å². The average molecular weight is 409 g/mol. The number of ether oxygens (including phenoxy) is 2. The summed E-state index contributed by atoms with van der Waals surface area (Å²) in [5, 5.41) is 0. The van der Waals surface area contributed by atoms with Crippen LogP contribution in [0.1, 0.15) is 12.8 Å². The van der Waals surface area contributed by atoms with Crippen LogP contribution in [0.5, 0.6) is 5.75 Å². The third kappa shape index (κ3) is 2.69. The number of rotatable bonds is 4. The van der Waals surface area contributed by atoms with Gasteiger partial charge in [-0.05, 0) is 37.1 Å². The van der Waals surface area contributed by atoms with Crippen LogP contribution < -0.4 is 16.0 Å². The van der Waals surface area contributed by atoms with Gasteiger partial charge in [0.25, 0.3) is 5.56 Å². The van der Waals surface area contributed by atoms with E-state index in [1.165, 1.54) is 11.6 Å². The Hall–Kier alpha value is -3.33. The largest absolute Gasteiger partial charge is 0.497 e. The molecule has 156 valence electrons. The normalized spacial score (nSPS) is 16.7. The van der Waals surface area contributed by atoms with E-state index in [4.69, 9.17) is 14.5 Å². The third-order valence-corrected chi connectivity index (χ3v) is 5.85. The van der Waals surface area contributed by atoms with Crippen molar-refractivity contribution in [2.24, 2.45) is 14.1 Å². The highest BCUT2D eigenvalue weighted by Crippen LogP contribution is 2.28. The molecular weight excluding hydrogens is 386 g/mol. The molecule has 1 aromatic carbocycles. The van der Waals surface area contributed by atoms with E-state index in [0.717, 1.165) is 41.0 Å². The zero-order valence-electron chi connectivity index (χ0n) is 17.2. The molecule has 0 radical (unpaired) electrons. The summed E-state index contributed by atoms with van der Waals surface area (Å²) in [6.45, 7) is 1.38. The molecule has 9 heteroatoms. The number of imidazole rings is 2. The Morgan fingerprint density at radius 3 is 2.60 bits per heavy atom. The molecule has 30 heavy (non-hydrogen) atoms. The molecular formula is C21H23N5O4. The van der Waals surface area contributed by atoms with Gasteiger partial charge in [0.1, 0.15) is 5.75 Å². The lowest BCUT2D eigenvalue weighted by Gasteiger charge is -2.14. The molecule has 9 nitrogen and oxygen atoms in total. The van der Waals surface area contributed by atoms with E-state index in [1.807, 2.05) is 30.5 Å². The molecule has 0 saturated carbocycles. The van der Waals surface area contributed by atoms with Gasteiger partial charge in [0.15, 0.2) is 11.2 Å². The molecule has 1 atom stereocenters. The van der Waals surface area contributed by atoms with Crippen LogP contribution in [-0.2, 0) is 25.4 Å². The van der Waals surface area contributed by atoms with Crippen LogP contribution in [-0.4, -0.2) is 42.9 Å². The van der Waals surface area contributed by atoms with Crippen LogP contribution in [0.15, 0.2) is 40.1 Å². The standard InChI is InChI=1S/C21H23N5O4/c1-23-18-17(19(27)24(2)21(23)28)26-12-16(13-6-8-14(29-3)9-7-13)25(20(26)22-18)11-15-5-4-10-30-15/h6-9,12,15H,4-5,10-11H2,1-3H3/t15-/m1/s1. The van der Waals surface area contributed by atoms with E-state index in [9.17, 15) is 9.59 Å². The van der Waals surface area contributed by atoms with Crippen LogP contribution in [0, 0.1) is 0 Å². The number of fused-ring (bicyclic) bond motifs is 3. The number of aromatic nitrogens is 5. The number of hydrogen-bond donors (Lipinski definition) is 0. The monoisotopic (exact) mass is 409 g/mol. The molecule has 0 spiro atoms. The van der Waals surface area contributed by atoms with Gasteiger partial charge in [-0.15, -0.1) is 0 Å². The lowest BCUT2D eigenvalue weighted by molar-refractivity contribution is 0.0981. The summed E-state index contributed by atoms with van der Waals surface area (Å²) >= 11 is 0. The maximum absolute atomic E-state index is 12.9. The topological polar surface area (TPSA) is 84.7 Å². The summed E-state index contributed by atoms with van der Waals surface area (Å²) in [5.74, 6) is 1.39. The van der Waals surface area contributed by atoms with Gasteiger partial charge >= 0.3 is 5.69 Å². The van der Waals surface area contributed by atoms with Crippen molar-refractivity contribution < 1.29 is 9.47 Å². The highest BCUT2D eigenvalue weighted by Gasteiger charge is 2.24. The Balaban J connectivity index is 1.80. The fourth-order valence-electron chi connectivity index (χ4n) is 4.18. The van der Waals surface area contributed by atoms with Gasteiger partial charge < -0.3 is 14.0 Å². The fourth-order valence-corrected chi connectivity index (χ4v) is 4.18. The van der Waals surface area contributed by atoms with Crippen molar-refractivity contribution in [2.75, 3.05) is 13.7 Å². The Morgan fingerprint density at radius 1 is 1.17 bits per heavy atom. The van der Waals surface area contributed by atoms with Gasteiger partial charge in [-0.1, -0.05) is 0 Å². The molecule has 4 aromatic rings. The summed E-state index contributed by atoms with van der Waals surface area (Å²) in [7, 11) is 4.75. The minimum Gasteiger partial charge on any atom is -0.497 e. The number of hydrogen-bond acceptors (Lipinski definition) is 5. The van der Waals surface area contributed by atoms with E-state index < -0.39 is 5.69 Å². The molecule has 1 fully saturated rings. The first-order valence-electron chi connectivity index (χ1n) is 9.93. The molecule has 1 aliphatic rings. The summed E-state index contributed by atoms with van der Waals surface area (Å²) in [4.78, 5) is 29.9. The van der Waals surface area contributed by atoms with Crippen molar-refractivity contribution in [1.29, 1.82) is 0 Å². The van der Waals surface area contributed by atoms with E-state index >= 15 is 0 Å². The molecule has 4 heterocycles. The SMILES string of the molecule is COc1ccc(-c2cn3c4c(=O)n(C)c(=O)n(C)c4nc3n2C[C@H]2CCCO2)cc1. The van der Waals surface area contributed by atoms with E-state index in [2.05, 4.69) is 4.57 Å². The first-order valence-corrected chi connectivity index (χ1v) is 9.93. The molecule has 0 N–H and O–H groups in total. The van der Waals surface area contributed by atoms with Crippen molar-refractivity contribution in [3.8, 4) is 17.0 Å². The highest BCUT2D eigenvalue weighted by molar-refractivity contribution is 5.78. The smallest absolute Gasteiger partial charge is 0.332 e. The Morgan fingerprint density at radius 2 is 1.93 bits per heavy atom. The quantitative estimate of drug-likeness (QED) is 0.511. The van der Waals surface area contributed by atoms with E-state index in [-0.39, 0.29) is 11.7 Å². The Labute approximate surface area is 171 Å². The van der Waals surface area contributed by atoms with Gasteiger partial charge in [0.2, 0.25) is 5.78 Å². The summed E-state index contributed by atoms with van der Waals surface area (Å²) in [5.41, 5.74) is 1.91. The third-order valence-electron chi connectivity index (χ3n) is 5.85. The summed E-state index contributed by atoms with van der Waals surface area (Å²) < 4.78 is 17.5. The molecule has 0 bridgehead atoms. The second-order valence-electron chi connectivity index (χ2n) is 7.65. The van der Waals surface area contributed by atoms with Gasteiger partial charge in [0, 0.05) is 32.5 Å². The molecule has 0 amide bonds. The molecule has 3 aromatic heterocycles. The lowest BCUT2D eigenvalue weighted by atomic mass is 10.1. The predicted molar refractivity (Wildman–Crippen MR) is 112 cm³/mol. The fraction of sp³-hybridized carbons (Fsp3) is 0.381. The average Bonchev–Trinajstić information content (AvgIpc) is 3.48. The zero-order valence-corrected chi connectivity index (χ0v) is 17.2. The van der Waals surface area contributed by atoms with E-state index in [1.54, 1.807) is 18.6 Å². The summed E-state index contributed by atoms with van der Waals surface area (Å²) in [6, 6.07) is 7.77. The minimum atomic E-state index is -0.394. The predicted octanol–water partition coefficient (Wildman–Crippen LogP) is 1.54. The van der Waals surface area contributed by atoms with Crippen LogP contribution in [0.3, 0.4) is 0 Å². The number of aryl methyl sites for hydroxylation is 1. The first-order chi connectivity index (χ1) is 14.5. The van der Waals surface area contributed by atoms with Gasteiger partial charge in [-0.3, -0.25) is 18.3 Å². The molecule has 1 saturated heterocycles. The maximum Gasteiger partial charge on any atom is 0.332 e. The molecule has 0 unspecified atom stereocenters. The second kappa shape index (κ2) is 6.88. The maximum atomic E-state index is 12.9. The van der Waals surface area contributed by atoms with Crippen molar-refractivity contribution >= 4 is 16.9 Å². The number of benzene rings is 1. The summed E-state index contributed by atoms with van der Waals surface area (Å²) in [6.07, 6.45) is 4.01. The lowest BCUT2D eigenvalue weighted by Crippen LogP contribution is -2.37. The van der Waals surface area contributed by atoms with Crippen LogP contribution in [0.4, 0.5) is 0 Å².